The van der Waals surface area contributed by atoms with Crippen molar-refractivity contribution in [2.24, 2.45) is 0 Å². The summed E-state index contributed by atoms with van der Waals surface area (Å²) in [5, 5.41) is 3.37. The summed E-state index contributed by atoms with van der Waals surface area (Å²) in [6.07, 6.45) is 2.44. The van der Waals surface area contributed by atoms with Gasteiger partial charge in [0.2, 0.25) is 0 Å². The number of hydrogen-bond acceptors (Lipinski definition) is 5. The van der Waals surface area contributed by atoms with Crippen LogP contribution < -0.4 is 5.32 Å². The third-order valence-corrected chi connectivity index (χ3v) is 3.37. The van der Waals surface area contributed by atoms with E-state index in [0.717, 1.165) is 18.6 Å². The van der Waals surface area contributed by atoms with Gasteiger partial charge >= 0.3 is 5.97 Å². The van der Waals surface area contributed by atoms with Crippen molar-refractivity contribution in [2.45, 2.75) is 38.5 Å². The third kappa shape index (κ3) is 2.73. The zero-order valence-corrected chi connectivity index (χ0v) is 11.0. The summed E-state index contributed by atoms with van der Waals surface area (Å²) in [6.45, 7) is 2.39. The lowest BCUT2D eigenvalue weighted by Gasteiger charge is -2.34. The summed E-state index contributed by atoms with van der Waals surface area (Å²) in [6, 6.07) is 2.21. The molecule has 0 bridgehead atoms. The highest BCUT2D eigenvalue weighted by Crippen LogP contribution is 2.23. The van der Waals surface area contributed by atoms with Crippen LogP contribution in [-0.4, -0.2) is 32.3 Å². The molecule has 0 aromatic carbocycles. The van der Waals surface area contributed by atoms with Gasteiger partial charge in [0.05, 0.1) is 19.8 Å². The quantitative estimate of drug-likeness (QED) is 0.808. The Bertz CT molecular complexity index is 421. The van der Waals surface area contributed by atoms with E-state index in [0.29, 0.717) is 30.0 Å². The predicted octanol–water partition coefficient (Wildman–Crippen LogP) is 1.64. The standard InChI is InChI=1S/C13H19NO4/c1-8-12(13(15)17-3)6-11(18-8)7-14-9-4-10(5-9)16-2/h6,9-10,14H,4-5,7H2,1-3H3. The lowest BCUT2D eigenvalue weighted by atomic mass is 9.89. The van der Waals surface area contributed by atoms with E-state index in [1.807, 2.05) is 0 Å². The number of nitrogens with one attached hydrogen (secondary N) is 1. The number of ether oxygens (including phenoxy) is 2. The van der Waals surface area contributed by atoms with Crippen molar-refractivity contribution in [1.29, 1.82) is 0 Å². The van der Waals surface area contributed by atoms with Crippen LogP contribution in [-0.2, 0) is 16.0 Å². The fourth-order valence-corrected chi connectivity index (χ4v) is 2.11. The van der Waals surface area contributed by atoms with Gasteiger partial charge in [0.25, 0.3) is 0 Å². The molecular formula is C13H19NO4. The average molecular weight is 253 g/mol. The van der Waals surface area contributed by atoms with E-state index >= 15 is 0 Å². The first-order valence-corrected chi connectivity index (χ1v) is 6.07. The Balaban J connectivity index is 1.85. The summed E-state index contributed by atoms with van der Waals surface area (Å²) in [7, 11) is 3.10. The van der Waals surface area contributed by atoms with E-state index in [-0.39, 0.29) is 5.97 Å². The Morgan fingerprint density at radius 2 is 2.22 bits per heavy atom. The maximum absolute atomic E-state index is 11.4. The molecule has 18 heavy (non-hydrogen) atoms. The van der Waals surface area contributed by atoms with Gasteiger partial charge in [-0.25, -0.2) is 4.79 Å². The molecule has 0 spiro atoms. The van der Waals surface area contributed by atoms with E-state index < -0.39 is 0 Å². The summed E-state index contributed by atoms with van der Waals surface area (Å²) >= 11 is 0. The van der Waals surface area contributed by atoms with Crippen LogP contribution in [0.15, 0.2) is 10.5 Å². The van der Waals surface area contributed by atoms with Gasteiger partial charge in [0.15, 0.2) is 0 Å². The van der Waals surface area contributed by atoms with Crippen molar-refractivity contribution in [2.75, 3.05) is 14.2 Å². The molecule has 0 saturated heterocycles. The second-order valence-electron chi connectivity index (χ2n) is 4.58. The summed E-state index contributed by atoms with van der Waals surface area (Å²) in [5.74, 6) is 1.00. The minimum absolute atomic E-state index is 0.356. The molecule has 100 valence electrons. The van der Waals surface area contributed by atoms with Crippen molar-refractivity contribution in [3.05, 3.63) is 23.2 Å². The van der Waals surface area contributed by atoms with E-state index in [1.165, 1.54) is 7.11 Å². The molecule has 1 aliphatic carbocycles. The second kappa shape index (κ2) is 5.54. The first kappa shape index (κ1) is 13.1. The summed E-state index contributed by atoms with van der Waals surface area (Å²) < 4.78 is 15.4. The number of carbonyl (C=O) groups is 1. The predicted molar refractivity (Wildman–Crippen MR) is 65.4 cm³/mol. The summed E-state index contributed by atoms with van der Waals surface area (Å²) in [4.78, 5) is 11.4. The summed E-state index contributed by atoms with van der Waals surface area (Å²) in [5.41, 5.74) is 0.498. The smallest absolute Gasteiger partial charge is 0.341 e. The largest absolute Gasteiger partial charge is 0.465 e. The molecule has 1 aromatic heterocycles. The van der Waals surface area contributed by atoms with Gasteiger partial charge in [-0.3, -0.25) is 0 Å². The topological polar surface area (TPSA) is 60.7 Å². The van der Waals surface area contributed by atoms with Crippen LogP contribution in [0.2, 0.25) is 0 Å². The Morgan fingerprint density at radius 1 is 1.50 bits per heavy atom. The molecule has 1 aromatic rings. The van der Waals surface area contributed by atoms with Crippen molar-refractivity contribution < 1.29 is 18.7 Å². The van der Waals surface area contributed by atoms with E-state index in [2.05, 4.69) is 10.1 Å². The minimum atomic E-state index is -0.356. The molecule has 1 heterocycles. The number of rotatable bonds is 5. The van der Waals surface area contributed by atoms with E-state index in [4.69, 9.17) is 9.15 Å². The number of carbonyl (C=O) groups excluding carboxylic acids is 1. The Labute approximate surface area is 106 Å². The van der Waals surface area contributed by atoms with Crippen molar-refractivity contribution in [1.82, 2.24) is 5.32 Å². The van der Waals surface area contributed by atoms with Crippen LogP contribution in [0.3, 0.4) is 0 Å². The fourth-order valence-electron chi connectivity index (χ4n) is 2.11. The average Bonchev–Trinajstić information content (AvgIpc) is 2.68. The molecule has 0 aliphatic heterocycles. The van der Waals surface area contributed by atoms with E-state index in [1.54, 1.807) is 20.1 Å². The molecule has 0 atom stereocenters. The van der Waals surface area contributed by atoms with Gasteiger partial charge in [-0.2, -0.15) is 0 Å². The fraction of sp³-hybridized carbons (Fsp3) is 0.615. The number of methoxy groups -OCH3 is 2. The van der Waals surface area contributed by atoms with Crippen LogP contribution in [0.25, 0.3) is 0 Å². The van der Waals surface area contributed by atoms with Crippen molar-refractivity contribution >= 4 is 5.97 Å². The molecule has 2 rings (SSSR count). The zero-order chi connectivity index (χ0) is 13.1. The normalized spacial score (nSPS) is 22.6. The molecule has 5 nitrogen and oxygen atoms in total. The van der Waals surface area contributed by atoms with Crippen LogP contribution >= 0.6 is 0 Å². The van der Waals surface area contributed by atoms with Crippen LogP contribution in [0.5, 0.6) is 0 Å². The lowest BCUT2D eigenvalue weighted by Crippen LogP contribution is -2.44. The zero-order valence-electron chi connectivity index (χ0n) is 11.0. The first-order chi connectivity index (χ1) is 8.63. The molecule has 0 amide bonds. The van der Waals surface area contributed by atoms with Gasteiger partial charge in [0, 0.05) is 13.2 Å². The molecule has 1 fully saturated rings. The second-order valence-corrected chi connectivity index (χ2v) is 4.58. The minimum Gasteiger partial charge on any atom is -0.465 e. The van der Waals surface area contributed by atoms with E-state index in [9.17, 15) is 4.79 Å². The highest BCUT2D eigenvalue weighted by atomic mass is 16.5. The van der Waals surface area contributed by atoms with Gasteiger partial charge in [0.1, 0.15) is 17.1 Å². The highest BCUT2D eigenvalue weighted by molar-refractivity contribution is 5.90. The molecule has 0 radical (unpaired) electrons. The molecule has 0 unspecified atom stereocenters. The number of aryl methyl sites for hydroxylation is 1. The van der Waals surface area contributed by atoms with Crippen LogP contribution in [0.1, 0.15) is 34.7 Å². The highest BCUT2D eigenvalue weighted by Gasteiger charge is 2.28. The lowest BCUT2D eigenvalue weighted by molar-refractivity contribution is 0.0165. The van der Waals surface area contributed by atoms with Gasteiger partial charge in [-0.05, 0) is 25.8 Å². The Kier molecular flexibility index (Phi) is 4.04. The Morgan fingerprint density at radius 3 is 2.83 bits per heavy atom. The molecular weight excluding hydrogens is 234 g/mol. The number of furan rings is 1. The monoisotopic (exact) mass is 253 g/mol. The van der Waals surface area contributed by atoms with Gasteiger partial charge < -0.3 is 19.2 Å². The van der Waals surface area contributed by atoms with Crippen LogP contribution in [0, 0.1) is 6.92 Å². The third-order valence-electron chi connectivity index (χ3n) is 3.37. The SMILES string of the molecule is COC(=O)c1cc(CNC2CC(OC)C2)oc1C. The van der Waals surface area contributed by atoms with Crippen molar-refractivity contribution in [3.8, 4) is 0 Å². The van der Waals surface area contributed by atoms with Crippen LogP contribution in [0.4, 0.5) is 0 Å². The van der Waals surface area contributed by atoms with Gasteiger partial charge in [-0.15, -0.1) is 0 Å². The molecule has 5 heteroatoms. The molecule has 1 aliphatic rings. The first-order valence-electron chi connectivity index (χ1n) is 6.07. The molecule has 1 N–H and O–H groups in total. The van der Waals surface area contributed by atoms with Gasteiger partial charge in [-0.1, -0.05) is 0 Å². The van der Waals surface area contributed by atoms with Crippen molar-refractivity contribution in [3.63, 3.8) is 0 Å². The maximum atomic E-state index is 11.4. The maximum Gasteiger partial charge on any atom is 0.341 e. The molecule has 1 saturated carbocycles. The number of hydrogen-bond donors (Lipinski definition) is 1. The Hall–Kier alpha value is -1.33. The number of esters is 1.